The first kappa shape index (κ1) is 14.8. The van der Waals surface area contributed by atoms with E-state index in [4.69, 9.17) is 20.2 Å². The van der Waals surface area contributed by atoms with Crippen LogP contribution >= 0.6 is 0 Å². The van der Waals surface area contributed by atoms with Crippen molar-refractivity contribution >= 4 is 11.6 Å². The van der Waals surface area contributed by atoms with Crippen molar-refractivity contribution in [1.82, 2.24) is 0 Å². The van der Waals surface area contributed by atoms with E-state index in [1.165, 1.54) is 25.7 Å². The minimum Gasteiger partial charge on any atom is -0.497 e. The third-order valence-electron chi connectivity index (χ3n) is 5.85. The number of nitrogens with zero attached hydrogens (tertiary/aromatic N) is 1. The molecule has 3 aliphatic rings. The molecule has 1 aliphatic heterocycles. The average Bonchev–Trinajstić information content (AvgIpc) is 3.21. The molecule has 0 amide bonds. The second-order valence-corrected chi connectivity index (χ2v) is 7.00. The van der Waals surface area contributed by atoms with Gasteiger partial charge in [0.15, 0.2) is 5.96 Å². The van der Waals surface area contributed by atoms with Gasteiger partial charge in [0.25, 0.3) is 0 Å². The minimum atomic E-state index is 0.252. The lowest BCUT2D eigenvalue weighted by Gasteiger charge is -2.54. The lowest BCUT2D eigenvalue weighted by molar-refractivity contribution is -0.117. The number of aliphatic imine (C=N–C) groups is 1. The predicted molar refractivity (Wildman–Crippen MR) is 90.8 cm³/mol. The summed E-state index contributed by atoms with van der Waals surface area (Å²) in [6, 6.07) is 8.07. The van der Waals surface area contributed by atoms with E-state index in [1.54, 1.807) is 7.11 Å². The molecule has 1 spiro atoms. The molecule has 1 heterocycles. The fourth-order valence-electron chi connectivity index (χ4n) is 4.87. The molecular weight excluding hydrogens is 290 g/mol. The van der Waals surface area contributed by atoms with Gasteiger partial charge in [0, 0.05) is 29.7 Å². The molecule has 3 atom stereocenters. The molecule has 23 heavy (non-hydrogen) atoms. The van der Waals surface area contributed by atoms with E-state index in [0.717, 1.165) is 24.5 Å². The van der Waals surface area contributed by atoms with E-state index >= 15 is 0 Å². The quantitative estimate of drug-likeness (QED) is 0.665. The Hall–Kier alpha value is -1.75. The zero-order chi connectivity index (χ0) is 15.9. The van der Waals surface area contributed by atoms with Crippen LogP contribution in [0, 0.1) is 11.3 Å². The van der Waals surface area contributed by atoms with Crippen molar-refractivity contribution in [2.45, 2.75) is 44.2 Å². The first-order chi connectivity index (χ1) is 11.2. The maximum absolute atomic E-state index is 6.20. The number of nitrogens with one attached hydrogen (secondary N) is 1. The van der Waals surface area contributed by atoms with Gasteiger partial charge in [-0.2, -0.15) is 0 Å². The molecule has 5 nitrogen and oxygen atoms in total. The van der Waals surface area contributed by atoms with Crippen molar-refractivity contribution in [3.8, 4) is 5.75 Å². The van der Waals surface area contributed by atoms with Crippen molar-refractivity contribution in [3.05, 3.63) is 24.3 Å². The molecule has 3 fully saturated rings. The Kier molecular flexibility index (Phi) is 3.68. The van der Waals surface area contributed by atoms with Gasteiger partial charge in [0.2, 0.25) is 0 Å². The molecule has 0 bridgehead atoms. The number of guanidine groups is 1. The molecule has 0 radical (unpaired) electrons. The summed E-state index contributed by atoms with van der Waals surface area (Å²) < 4.78 is 11.2. The van der Waals surface area contributed by atoms with Crippen molar-refractivity contribution in [1.29, 1.82) is 0 Å². The Labute approximate surface area is 137 Å². The largest absolute Gasteiger partial charge is 0.497 e. The van der Waals surface area contributed by atoms with Gasteiger partial charge in [-0.05, 0) is 31.4 Å². The SMILES string of the molecule is COc1cccc(NC(N)=NC2C3CCOC3C23CCCC3)c1. The molecule has 3 N–H and O–H groups in total. The fourth-order valence-corrected chi connectivity index (χ4v) is 4.87. The maximum atomic E-state index is 6.20. The lowest BCUT2D eigenvalue weighted by Crippen LogP contribution is -2.61. The molecule has 1 aromatic rings. The fraction of sp³-hybridized carbons (Fsp3) is 0.611. The number of methoxy groups -OCH3 is 1. The Bertz CT molecular complexity index is 610. The van der Waals surface area contributed by atoms with Crippen LogP contribution in [0.1, 0.15) is 32.1 Å². The van der Waals surface area contributed by atoms with E-state index in [-0.39, 0.29) is 5.41 Å². The molecule has 5 heteroatoms. The van der Waals surface area contributed by atoms with Gasteiger partial charge >= 0.3 is 0 Å². The molecule has 2 saturated carbocycles. The molecular formula is C18H25N3O2. The van der Waals surface area contributed by atoms with Gasteiger partial charge < -0.3 is 20.5 Å². The number of ether oxygens (including phenoxy) is 2. The van der Waals surface area contributed by atoms with Gasteiger partial charge in [-0.1, -0.05) is 18.9 Å². The minimum absolute atomic E-state index is 0.252. The molecule has 1 aromatic carbocycles. The molecule has 4 rings (SSSR count). The lowest BCUT2D eigenvalue weighted by atomic mass is 9.54. The monoisotopic (exact) mass is 315 g/mol. The highest BCUT2D eigenvalue weighted by Gasteiger charge is 2.65. The Morgan fingerprint density at radius 2 is 2.22 bits per heavy atom. The highest BCUT2D eigenvalue weighted by atomic mass is 16.5. The van der Waals surface area contributed by atoms with Crippen LogP contribution < -0.4 is 15.8 Å². The normalized spacial score (nSPS) is 31.7. The number of hydrogen-bond donors (Lipinski definition) is 2. The average molecular weight is 315 g/mol. The number of anilines is 1. The number of nitrogens with two attached hydrogens (primary N) is 1. The van der Waals surface area contributed by atoms with E-state index in [1.807, 2.05) is 24.3 Å². The first-order valence-corrected chi connectivity index (χ1v) is 8.59. The van der Waals surface area contributed by atoms with Crippen molar-refractivity contribution in [2.24, 2.45) is 22.1 Å². The zero-order valence-corrected chi connectivity index (χ0v) is 13.6. The van der Waals surface area contributed by atoms with E-state index in [2.05, 4.69) is 5.32 Å². The van der Waals surface area contributed by atoms with E-state index in [9.17, 15) is 0 Å². The van der Waals surface area contributed by atoms with Crippen molar-refractivity contribution in [3.63, 3.8) is 0 Å². The Morgan fingerprint density at radius 3 is 3.00 bits per heavy atom. The summed E-state index contributed by atoms with van der Waals surface area (Å²) in [7, 11) is 1.66. The van der Waals surface area contributed by atoms with Crippen molar-refractivity contribution < 1.29 is 9.47 Å². The van der Waals surface area contributed by atoms with Crippen LogP contribution in [0.4, 0.5) is 5.69 Å². The summed E-state index contributed by atoms with van der Waals surface area (Å²) >= 11 is 0. The van der Waals surface area contributed by atoms with E-state index < -0.39 is 0 Å². The Morgan fingerprint density at radius 1 is 1.39 bits per heavy atom. The van der Waals surface area contributed by atoms with Gasteiger partial charge in [0.05, 0.1) is 19.3 Å². The number of hydrogen-bond acceptors (Lipinski definition) is 3. The summed E-state index contributed by atoms with van der Waals surface area (Å²) in [4.78, 5) is 4.87. The predicted octanol–water partition coefficient (Wildman–Crippen LogP) is 2.77. The van der Waals surface area contributed by atoms with Crippen LogP contribution in [0.25, 0.3) is 0 Å². The van der Waals surface area contributed by atoms with E-state index in [0.29, 0.717) is 24.0 Å². The number of fused-ring (bicyclic) bond motifs is 2. The maximum Gasteiger partial charge on any atom is 0.193 e. The van der Waals surface area contributed by atoms with Crippen LogP contribution in [0.3, 0.4) is 0 Å². The van der Waals surface area contributed by atoms with Gasteiger partial charge in [-0.3, -0.25) is 0 Å². The molecule has 3 unspecified atom stereocenters. The second kappa shape index (κ2) is 5.71. The standard InChI is InChI=1S/C18H25N3O2/c1-22-13-6-4-5-12(11-13)20-17(19)21-15-14-7-10-23-16(14)18(15)8-2-3-9-18/h4-6,11,14-16H,2-3,7-10H2,1H3,(H3,19,20,21). The van der Waals surface area contributed by atoms with Crippen LogP contribution in [-0.4, -0.2) is 31.8 Å². The highest BCUT2D eigenvalue weighted by Crippen LogP contribution is 2.62. The highest BCUT2D eigenvalue weighted by molar-refractivity contribution is 5.92. The summed E-state index contributed by atoms with van der Waals surface area (Å²) in [5.41, 5.74) is 7.36. The summed E-state index contributed by atoms with van der Waals surface area (Å²) in [5.74, 6) is 1.86. The van der Waals surface area contributed by atoms with Crippen molar-refractivity contribution in [2.75, 3.05) is 19.0 Å². The zero-order valence-electron chi connectivity index (χ0n) is 13.6. The number of benzene rings is 1. The first-order valence-electron chi connectivity index (χ1n) is 8.59. The van der Waals surface area contributed by atoms with Crippen LogP contribution in [0.5, 0.6) is 5.75 Å². The van der Waals surface area contributed by atoms with Crippen LogP contribution in [0.2, 0.25) is 0 Å². The molecule has 124 valence electrons. The van der Waals surface area contributed by atoms with Gasteiger partial charge in [-0.25, -0.2) is 4.99 Å². The number of rotatable bonds is 3. The molecule has 2 aliphatic carbocycles. The van der Waals surface area contributed by atoms with Gasteiger partial charge in [0.1, 0.15) is 5.75 Å². The summed E-state index contributed by atoms with van der Waals surface area (Å²) in [6.07, 6.45) is 6.59. The third kappa shape index (κ3) is 2.38. The second-order valence-electron chi connectivity index (χ2n) is 7.00. The van der Waals surface area contributed by atoms with Crippen LogP contribution in [0.15, 0.2) is 29.3 Å². The smallest absolute Gasteiger partial charge is 0.193 e. The third-order valence-corrected chi connectivity index (χ3v) is 5.85. The topological polar surface area (TPSA) is 68.9 Å². The molecule has 0 aromatic heterocycles. The van der Waals surface area contributed by atoms with Gasteiger partial charge in [-0.15, -0.1) is 0 Å². The Balaban J connectivity index is 1.52. The summed E-state index contributed by atoms with van der Waals surface area (Å²) in [6.45, 7) is 0.881. The molecule has 1 saturated heterocycles. The van der Waals surface area contributed by atoms with Crippen LogP contribution in [-0.2, 0) is 4.74 Å². The summed E-state index contributed by atoms with van der Waals surface area (Å²) in [5, 5.41) is 3.21.